The first-order valence-corrected chi connectivity index (χ1v) is 8.87. The van der Waals surface area contributed by atoms with E-state index in [9.17, 15) is 4.79 Å². The maximum atomic E-state index is 12.7. The zero-order valence-electron chi connectivity index (χ0n) is 13.8. The fraction of sp³-hybridized carbons (Fsp3) is 0.150. The third-order valence-corrected chi connectivity index (χ3v) is 5.17. The summed E-state index contributed by atoms with van der Waals surface area (Å²) < 4.78 is 1.75. The molecule has 4 aromatic rings. The monoisotopic (exact) mass is 362 g/mol. The van der Waals surface area contributed by atoms with E-state index in [4.69, 9.17) is 11.6 Å². The van der Waals surface area contributed by atoms with Gasteiger partial charge in [-0.3, -0.25) is 4.79 Å². The van der Waals surface area contributed by atoms with Gasteiger partial charge in [0.25, 0.3) is 0 Å². The molecular weight excluding hydrogens is 348 g/mol. The van der Waals surface area contributed by atoms with Crippen LogP contribution in [0.3, 0.4) is 0 Å². The molecule has 6 heteroatoms. The van der Waals surface area contributed by atoms with Crippen LogP contribution in [-0.2, 0) is 6.42 Å². The van der Waals surface area contributed by atoms with Crippen molar-refractivity contribution in [1.82, 2.24) is 19.7 Å². The first kappa shape index (κ1) is 15.3. The van der Waals surface area contributed by atoms with Crippen LogP contribution in [0.4, 0.5) is 0 Å². The van der Waals surface area contributed by atoms with Crippen LogP contribution in [0.25, 0.3) is 17.0 Å². The molecule has 0 radical (unpaired) electrons. The largest absolute Gasteiger partial charge is 0.322 e. The molecule has 5 nitrogen and oxygen atoms in total. The Morgan fingerprint density at radius 3 is 2.85 bits per heavy atom. The average molecular weight is 363 g/mol. The van der Waals surface area contributed by atoms with E-state index in [1.165, 1.54) is 0 Å². The highest BCUT2D eigenvalue weighted by Gasteiger charge is 2.30. The maximum Gasteiger partial charge on any atom is 0.229 e. The number of H-pyrrole nitrogens is 1. The molecule has 0 saturated heterocycles. The number of ketones is 1. The Labute approximate surface area is 154 Å². The maximum absolute atomic E-state index is 12.7. The van der Waals surface area contributed by atoms with E-state index < -0.39 is 0 Å². The van der Waals surface area contributed by atoms with Crippen molar-refractivity contribution in [3.8, 4) is 5.95 Å². The van der Waals surface area contributed by atoms with Crippen molar-refractivity contribution in [2.75, 3.05) is 0 Å². The Bertz CT molecular complexity index is 1110. The summed E-state index contributed by atoms with van der Waals surface area (Å²) in [7, 11) is 0. The zero-order valence-corrected chi connectivity index (χ0v) is 14.6. The predicted octanol–water partition coefficient (Wildman–Crippen LogP) is 4.31. The standard InChI is InChI=1S/C20H15ClN4O/c21-14-5-3-4-12(8-14)13-9-18-15(19(26)10-13)11-22-25(18)20-23-16-6-1-2-7-17(16)24-20/h1-8,11,13H,9-10H2,(H,23,24)/t13-/m1/s1. The fourth-order valence-corrected chi connectivity index (χ4v) is 3.86. The van der Waals surface area contributed by atoms with E-state index in [-0.39, 0.29) is 11.7 Å². The van der Waals surface area contributed by atoms with Crippen LogP contribution in [0, 0.1) is 0 Å². The number of fused-ring (bicyclic) bond motifs is 2. The van der Waals surface area contributed by atoms with Gasteiger partial charge in [-0.15, -0.1) is 0 Å². The zero-order chi connectivity index (χ0) is 17.7. The number of Topliss-reactive ketones (excluding diaryl/α,β-unsaturated/α-hetero) is 1. The lowest BCUT2D eigenvalue weighted by atomic mass is 9.82. The van der Waals surface area contributed by atoms with Gasteiger partial charge in [0, 0.05) is 11.4 Å². The number of hydrogen-bond donors (Lipinski definition) is 1. The van der Waals surface area contributed by atoms with Gasteiger partial charge in [0.05, 0.1) is 28.5 Å². The molecule has 2 heterocycles. The first-order chi connectivity index (χ1) is 12.7. The minimum absolute atomic E-state index is 0.0912. The summed E-state index contributed by atoms with van der Waals surface area (Å²) in [4.78, 5) is 20.6. The van der Waals surface area contributed by atoms with Crippen LogP contribution in [0.5, 0.6) is 0 Å². The van der Waals surface area contributed by atoms with Gasteiger partial charge in [-0.2, -0.15) is 5.10 Å². The van der Waals surface area contributed by atoms with Gasteiger partial charge in [0.1, 0.15) is 0 Å². The van der Waals surface area contributed by atoms with Gasteiger partial charge < -0.3 is 4.98 Å². The molecule has 2 aromatic carbocycles. The number of benzene rings is 2. The van der Waals surface area contributed by atoms with Crippen molar-refractivity contribution < 1.29 is 4.79 Å². The van der Waals surface area contributed by atoms with E-state index in [0.29, 0.717) is 23.0 Å². The molecule has 128 valence electrons. The number of carbonyl (C=O) groups excluding carboxylic acids is 1. The SMILES string of the molecule is O=C1C[C@H](c2cccc(Cl)c2)Cc2c1cnn2-c1nc2ccccc2[nH]1. The number of carbonyl (C=O) groups is 1. The summed E-state index contributed by atoms with van der Waals surface area (Å²) >= 11 is 6.13. The number of imidazole rings is 1. The number of para-hydroxylation sites is 2. The molecule has 0 unspecified atom stereocenters. The van der Waals surface area contributed by atoms with Crippen LogP contribution in [0.1, 0.15) is 34.0 Å². The van der Waals surface area contributed by atoms with Crippen LogP contribution in [-0.4, -0.2) is 25.5 Å². The summed E-state index contributed by atoms with van der Waals surface area (Å²) in [5.74, 6) is 0.833. The van der Waals surface area contributed by atoms with Crippen molar-refractivity contribution in [1.29, 1.82) is 0 Å². The van der Waals surface area contributed by atoms with Crippen molar-refractivity contribution >= 4 is 28.4 Å². The number of rotatable bonds is 2. The predicted molar refractivity (Wildman–Crippen MR) is 100 cm³/mol. The van der Waals surface area contributed by atoms with Gasteiger partial charge in [0.15, 0.2) is 5.78 Å². The molecule has 1 N–H and O–H groups in total. The molecule has 0 aliphatic heterocycles. The molecule has 0 bridgehead atoms. The highest BCUT2D eigenvalue weighted by atomic mass is 35.5. The molecule has 1 aliphatic carbocycles. The second-order valence-electron chi connectivity index (χ2n) is 6.58. The quantitative estimate of drug-likeness (QED) is 0.577. The molecule has 2 aromatic heterocycles. The Hall–Kier alpha value is -2.92. The average Bonchev–Trinajstić information content (AvgIpc) is 3.25. The van der Waals surface area contributed by atoms with Crippen LogP contribution < -0.4 is 0 Å². The smallest absolute Gasteiger partial charge is 0.229 e. The molecular formula is C20H15ClN4O. The molecule has 0 amide bonds. The summed E-state index contributed by atoms with van der Waals surface area (Å²) in [5.41, 5.74) is 4.48. The molecule has 0 fully saturated rings. The van der Waals surface area contributed by atoms with Crippen LogP contribution in [0.2, 0.25) is 5.02 Å². The first-order valence-electron chi connectivity index (χ1n) is 8.50. The Morgan fingerprint density at radius 1 is 1.12 bits per heavy atom. The fourth-order valence-electron chi connectivity index (χ4n) is 3.66. The van der Waals surface area contributed by atoms with Gasteiger partial charge >= 0.3 is 0 Å². The van der Waals surface area contributed by atoms with E-state index in [0.717, 1.165) is 28.7 Å². The van der Waals surface area contributed by atoms with Crippen molar-refractivity contribution in [2.24, 2.45) is 0 Å². The van der Waals surface area contributed by atoms with Gasteiger partial charge in [-0.25, -0.2) is 9.67 Å². The Morgan fingerprint density at radius 2 is 2.00 bits per heavy atom. The number of nitrogens with one attached hydrogen (secondary N) is 1. The molecule has 1 atom stereocenters. The molecule has 26 heavy (non-hydrogen) atoms. The summed E-state index contributed by atoms with van der Waals surface area (Å²) in [6.45, 7) is 0. The van der Waals surface area contributed by atoms with Gasteiger partial charge in [-0.05, 0) is 42.2 Å². The van der Waals surface area contributed by atoms with E-state index in [1.54, 1.807) is 10.9 Å². The summed E-state index contributed by atoms with van der Waals surface area (Å²) in [6.07, 6.45) is 2.84. The van der Waals surface area contributed by atoms with Gasteiger partial charge in [0.2, 0.25) is 5.95 Å². The molecule has 0 spiro atoms. The second-order valence-corrected chi connectivity index (χ2v) is 7.01. The van der Waals surface area contributed by atoms with E-state index in [2.05, 4.69) is 15.1 Å². The summed E-state index contributed by atoms with van der Waals surface area (Å²) in [5, 5.41) is 5.12. The van der Waals surface area contributed by atoms with E-state index in [1.807, 2.05) is 48.5 Å². The minimum Gasteiger partial charge on any atom is -0.322 e. The third kappa shape index (κ3) is 2.44. The van der Waals surface area contributed by atoms with Crippen molar-refractivity contribution in [2.45, 2.75) is 18.8 Å². The topological polar surface area (TPSA) is 63.6 Å². The molecule has 5 rings (SSSR count). The summed E-state index contributed by atoms with van der Waals surface area (Å²) in [6, 6.07) is 15.6. The minimum atomic E-state index is 0.0912. The number of nitrogens with zero attached hydrogens (tertiary/aromatic N) is 3. The normalized spacial score (nSPS) is 16.8. The highest BCUT2D eigenvalue weighted by Crippen LogP contribution is 2.34. The number of aromatic nitrogens is 4. The van der Waals surface area contributed by atoms with Gasteiger partial charge in [-0.1, -0.05) is 35.9 Å². The molecule has 0 saturated carbocycles. The Kier molecular flexibility index (Phi) is 3.43. The molecule has 1 aliphatic rings. The lowest BCUT2D eigenvalue weighted by Crippen LogP contribution is -2.20. The lowest BCUT2D eigenvalue weighted by Gasteiger charge is -2.22. The van der Waals surface area contributed by atoms with Crippen LogP contribution in [0.15, 0.2) is 54.7 Å². The number of halogens is 1. The second kappa shape index (κ2) is 5.81. The Balaban J connectivity index is 1.59. The van der Waals surface area contributed by atoms with Crippen molar-refractivity contribution in [3.05, 3.63) is 76.6 Å². The van der Waals surface area contributed by atoms with Crippen LogP contribution >= 0.6 is 11.6 Å². The third-order valence-electron chi connectivity index (χ3n) is 4.94. The highest BCUT2D eigenvalue weighted by molar-refractivity contribution is 6.30. The van der Waals surface area contributed by atoms with Crippen molar-refractivity contribution in [3.63, 3.8) is 0 Å². The van der Waals surface area contributed by atoms with E-state index >= 15 is 0 Å². The number of aromatic amines is 1. The number of hydrogen-bond acceptors (Lipinski definition) is 3. The lowest BCUT2D eigenvalue weighted by molar-refractivity contribution is 0.0963.